The Labute approximate surface area is 170 Å². The smallest absolute Gasteiger partial charge is 0.147 e. The van der Waals surface area contributed by atoms with Gasteiger partial charge in [0, 0.05) is 46.7 Å². The zero-order valence-electron chi connectivity index (χ0n) is 15.7. The molecule has 0 saturated carbocycles. The Balaban J connectivity index is 1.35. The first-order valence-corrected chi connectivity index (χ1v) is 9.38. The minimum atomic E-state index is -0.285. The molecule has 0 aliphatic carbocycles. The van der Waals surface area contributed by atoms with Crippen LogP contribution in [0, 0.1) is 11.6 Å². The first kappa shape index (κ1) is 18.0. The maximum Gasteiger partial charge on any atom is 0.147 e. The van der Waals surface area contributed by atoms with Crippen LogP contribution < -0.4 is 0 Å². The van der Waals surface area contributed by atoms with Crippen LogP contribution in [-0.2, 0) is 0 Å². The number of halogens is 2. The molecule has 2 aromatic heterocycles. The number of hydrogen-bond acceptors (Lipinski definition) is 2. The second kappa shape index (κ2) is 7.40. The summed E-state index contributed by atoms with van der Waals surface area (Å²) in [5.41, 5.74) is 4.10. The number of rotatable bonds is 4. The number of aliphatic imine (C=N–C) groups is 2. The topological polar surface area (TPSA) is 56.3 Å². The lowest BCUT2D eigenvalue weighted by Crippen LogP contribution is -1.80. The lowest BCUT2D eigenvalue weighted by Gasteiger charge is -1.97. The summed E-state index contributed by atoms with van der Waals surface area (Å²) in [4.78, 5) is 14.8. The van der Waals surface area contributed by atoms with E-state index in [9.17, 15) is 8.78 Å². The van der Waals surface area contributed by atoms with Gasteiger partial charge in [-0.3, -0.25) is 9.98 Å². The Kier molecular flexibility index (Phi) is 4.44. The zero-order chi connectivity index (χ0) is 20.5. The predicted molar refractivity (Wildman–Crippen MR) is 117 cm³/mol. The molecule has 2 N–H and O–H groups in total. The summed E-state index contributed by atoms with van der Waals surface area (Å²) in [6.45, 7) is 0. The molecule has 0 aliphatic heterocycles. The average molecular weight is 398 g/mol. The van der Waals surface area contributed by atoms with Crippen molar-refractivity contribution in [2.75, 3.05) is 0 Å². The molecule has 2 heterocycles. The molecule has 0 aliphatic rings. The molecule has 146 valence electrons. The number of benzene rings is 3. The summed E-state index contributed by atoms with van der Waals surface area (Å²) >= 11 is 0. The summed E-state index contributed by atoms with van der Waals surface area (Å²) < 4.78 is 27.6. The fraction of sp³-hybridized carbons (Fsp3) is 0. The number of aromatic nitrogens is 2. The van der Waals surface area contributed by atoms with E-state index in [0.717, 1.165) is 33.3 Å². The van der Waals surface area contributed by atoms with E-state index < -0.39 is 0 Å². The van der Waals surface area contributed by atoms with Crippen molar-refractivity contribution in [1.82, 2.24) is 9.97 Å². The highest BCUT2D eigenvalue weighted by Gasteiger charge is 2.06. The summed E-state index contributed by atoms with van der Waals surface area (Å²) in [5, 5.41) is 1.57. The second-order valence-corrected chi connectivity index (χ2v) is 6.85. The Bertz CT molecular complexity index is 1300. The van der Waals surface area contributed by atoms with Crippen LogP contribution >= 0.6 is 0 Å². The Hall–Kier alpha value is -4.06. The number of aromatic amines is 2. The molecule has 5 rings (SSSR count). The highest BCUT2D eigenvalue weighted by atomic mass is 19.1. The predicted octanol–water partition coefficient (Wildman–Crippen LogP) is 6.43. The van der Waals surface area contributed by atoms with Crippen LogP contribution in [0.3, 0.4) is 0 Å². The molecule has 0 fully saturated rings. The van der Waals surface area contributed by atoms with Crippen LogP contribution in [0.2, 0.25) is 0 Å². The number of nitrogens with zero attached hydrogens (tertiary/aromatic N) is 2. The van der Waals surface area contributed by atoms with Gasteiger partial charge < -0.3 is 9.97 Å². The highest BCUT2D eigenvalue weighted by Crippen LogP contribution is 2.23. The first-order chi connectivity index (χ1) is 14.7. The molecule has 0 spiro atoms. The quantitative estimate of drug-likeness (QED) is 0.328. The highest BCUT2D eigenvalue weighted by molar-refractivity contribution is 6.00. The van der Waals surface area contributed by atoms with Gasteiger partial charge in [0.25, 0.3) is 0 Å². The molecule has 0 amide bonds. The Morgan fingerprint density at radius 1 is 0.600 bits per heavy atom. The standard InChI is InChI=1S/C24H16F2N4/c25-21-5-1-3-19-15(13-29-23(19)21)11-27-17-7-9-18(10-8-17)28-12-16-14-30-24-20(16)4-2-6-22(24)26/h1-14,29-30H. The van der Waals surface area contributed by atoms with Crippen molar-refractivity contribution in [2.24, 2.45) is 9.98 Å². The van der Waals surface area contributed by atoms with E-state index in [1.165, 1.54) is 12.1 Å². The molecule has 5 aromatic rings. The number of hydrogen-bond donors (Lipinski definition) is 2. The van der Waals surface area contributed by atoms with Crippen LogP contribution in [0.5, 0.6) is 0 Å². The Morgan fingerprint density at radius 2 is 1.03 bits per heavy atom. The number of H-pyrrole nitrogens is 2. The SMILES string of the molecule is Fc1cccc2c(C=Nc3ccc(N=Cc4c[nH]c5c(F)cccc45)cc3)c[nH]c12. The molecular weight excluding hydrogens is 382 g/mol. The molecule has 0 unspecified atom stereocenters. The monoisotopic (exact) mass is 398 g/mol. The van der Waals surface area contributed by atoms with Gasteiger partial charge in [0.1, 0.15) is 11.6 Å². The van der Waals surface area contributed by atoms with Crippen LogP contribution in [0.4, 0.5) is 20.2 Å². The van der Waals surface area contributed by atoms with Gasteiger partial charge in [-0.05, 0) is 36.4 Å². The molecular formula is C24H16F2N4. The fourth-order valence-corrected chi connectivity index (χ4v) is 3.40. The van der Waals surface area contributed by atoms with Gasteiger partial charge in [-0.2, -0.15) is 0 Å². The van der Waals surface area contributed by atoms with Crippen LogP contribution in [-0.4, -0.2) is 22.4 Å². The molecule has 0 saturated heterocycles. The summed E-state index contributed by atoms with van der Waals surface area (Å²) in [6.07, 6.45) is 6.88. The van der Waals surface area contributed by atoms with Crippen LogP contribution in [0.25, 0.3) is 21.8 Å². The van der Waals surface area contributed by atoms with Crippen molar-refractivity contribution >= 4 is 45.6 Å². The Morgan fingerprint density at radius 3 is 1.47 bits per heavy atom. The van der Waals surface area contributed by atoms with Gasteiger partial charge in [-0.15, -0.1) is 0 Å². The minimum absolute atomic E-state index is 0.285. The van der Waals surface area contributed by atoms with Crippen molar-refractivity contribution in [1.29, 1.82) is 0 Å². The number of nitrogens with one attached hydrogen (secondary N) is 2. The van der Waals surface area contributed by atoms with Crippen molar-refractivity contribution in [2.45, 2.75) is 0 Å². The van der Waals surface area contributed by atoms with Crippen LogP contribution in [0.15, 0.2) is 83.0 Å². The number of fused-ring (bicyclic) bond motifs is 2. The van der Waals surface area contributed by atoms with Crippen molar-refractivity contribution in [3.05, 3.63) is 95.8 Å². The maximum atomic E-state index is 13.8. The third-order valence-electron chi connectivity index (χ3n) is 4.95. The third-order valence-corrected chi connectivity index (χ3v) is 4.95. The van der Waals surface area contributed by atoms with E-state index in [0.29, 0.717) is 11.0 Å². The van der Waals surface area contributed by atoms with E-state index in [-0.39, 0.29) is 11.6 Å². The van der Waals surface area contributed by atoms with Gasteiger partial charge in [0.15, 0.2) is 0 Å². The largest absolute Gasteiger partial charge is 0.358 e. The lowest BCUT2D eigenvalue weighted by molar-refractivity contribution is 0.637. The summed E-state index contributed by atoms with van der Waals surface area (Å²) in [6, 6.07) is 17.3. The molecule has 0 atom stereocenters. The maximum absolute atomic E-state index is 13.8. The normalized spacial score (nSPS) is 12.1. The molecule has 3 aromatic carbocycles. The van der Waals surface area contributed by atoms with E-state index >= 15 is 0 Å². The number of para-hydroxylation sites is 2. The lowest BCUT2D eigenvalue weighted by atomic mass is 10.2. The first-order valence-electron chi connectivity index (χ1n) is 9.38. The zero-order valence-corrected chi connectivity index (χ0v) is 15.7. The van der Waals surface area contributed by atoms with Crippen molar-refractivity contribution in [3.63, 3.8) is 0 Å². The van der Waals surface area contributed by atoms with Crippen molar-refractivity contribution in [3.8, 4) is 0 Å². The van der Waals surface area contributed by atoms with Gasteiger partial charge in [-0.1, -0.05) is 24.3 Å². The van der Waals surface area contributed by atoms with Gasteiger partial charge in [0.05, 0.1) is 22.4 Å². The second-order valence-electron chi connectivity index (χ2n) is 6.85. The van der Waals surface area contributed by atoms with E-state index in [1.54, 1.807) is 37.0 Å². The molecule has 0 radical (unpaired) electrons. The molecule has 4 nitrogen and oxygen atoms in total. The van der Waals surface area contributed by atoms with Gasteiger partial charge in [-0.25, -0.2) is 8.78 Å². The molecule has 30 heavy (non-hydrogen) atoms. The van der Waals surface area contributed by atoms with E-state index in [4.69, 9.17) is 0 Å². The minimum Gasteiger partial charge on any atom is -0.358 e. The van der Waals surface area contributed by atoms with Crippen molar-refractivity contribution < 1.29 is 8.78 Å². The average Bonchev–Trinajstić information content (AvgIpc) is 3.37. The molecule has 6 heteroatoms. The fourth-order valence-electron chi connectivity index (χ4n) is 3.40. The summed E-state index contributed by atoms with van der Waals surface area (Å²) in [7, 11) is 0. The van der Waals surface area contributed by atoms with E-state index in [2.05, 4.69) is 20.0 Å². The van der Waals surface area contributed by atoms with Gasteiger partial charge in [0.2, 0.25) is 0 Å². The van der Waals surface area contributed by atoms with Crippen LogP contribution in [0.1, 0.15) is 11.1 Å². The third kappa shape index (κ3) is 3.28. The summed E-state index contributed by atoms with van der Waals surface area (Å²) in [5.74, 6) is -0.570. The van der Waals surface area contributed by atoms with Gasteiger partial charge >= 0.3 is 0 Å². The van der Waals surface area contributed by atoms with E-state index in [1.807, 2.05) is 36.4 Å². The molecule has 0 bridgehead atoms.